The molecule has 0 spiro atoms. The highest BCUT2D eigenvalue weighted by atomic mass is 28.3. The van der Waals surface area contributed by atoms with Gasteiger partial charge in [-0.15, -0.1) is 0 Å². The Morgan fingerprint density at radius 1 is 0.750 bits per heavy atom. The maximum atomic E-state index is 14.3. The van der Waals surface area contributed by atoms with Crippen LogP contribution in [0.4, 0.5) is 8.78 Å². The van der Waals surface area contributed by atoms with E-state index in [4.69, 9.17) is 0 Å². The van der Waals surface area contributed by atoms with E-state index in [2.05, 4.69) is 41.7 Å². The van der Waals surface area contributed by atoms with Gasteiger partial charge in [0.15, 0.2) is 0 Å². The van der Waals surface area contributed by atoms with E-state index in [0.717, 1.165) is 28.1 Å². The second-order valence-electron chi connectivity index (χ2n) is 7.88. The van der Waals surface area contributed by atoms with E-state index in [-0.39, 0.29) is 5.56 Å². The van der Waals surface area contributed by atoms with Crippen molar-refractivity contribution in [3.8, 4) is 22.4 Å². The molecule has 0 aliphatic rings. The zero-order valence-corrected chi connectivity index (χ0v) is 17.0. The predicted octanol–water partition coefficient (Wildman–Crippen LogP) is 5.79. The normalized spacial score (nSPS) is 11.8. The molecule has 0 aliphatic carbocycles. The summed E-state index contributed by atoms with van der Waals surface area (Å²) in [6, 6.07) is 20.7. The van der Waals surface area contributed by atoms with Gasteiger partial charge in [-0.3, -0.25) is 0 Å². The van der Waals surface area contributed by atoms with Gasteiger partial charge < -0.3 is 0 Å². The van der Waals surface area contributed by atoms with Gasteiger partial charge in [-0.2, -0.15) is 13.8 Å². The third-order valence-corrected chi connectivity index (χ3v) is 6.89. The minimum absolute atomic E-state index is 0.190. The first kappa shape index (κ1) is 18.4. The average molecular weight is 391 g/mol. The molecular formula is C23H20F2N2Si. The SMILES string of the molecule is C[Si](C)(C)c1ccc2nc(-c3ccc(F)nc3F)cc(-c3ccccc3)c2c1. The van der Waals surface area contributed by atoms with Crippen molar-refractivity contribution in [1.82, 2.24) is 9.97 Å². The number of aromatic nitrogens is 2. The summed E-state index contributed by atoms with van der Waals surface area (Å²) in [6.45, 7) is 6.91. The molecule has 0 aliphatic heterocycles. The molecule has 0 bridgehead atoms. The molecule has 2 aromatic heterocycles. The highest BCUT2D eigenvalue weighted by Crippen LogP contribution is 2.32. The van der Waals surface area contributed by atoms with Crippen molar-refractivity contribution in [1.29, 1.82) is 0 Å². The van der Waals surface area contributed by atoms with Crippen LogP contribution in [0.3, 0.4) is 0 Å². The van der Waals surface area contributed by atoms with E-state index in [1.165, 1.54) is 11.3 Å². The summed E-state index contributed by atoms with van der Waals surface area (Å²) < 4.78 is 27.6. The molecule has 140 valence electrons. The van der Waals surface area contributed by atoms with Crippen LogP contribution >= 0.6 is 0 Å². The summed E-state index contributed by atoms with van der Waals surface area (Å²) in [5.74, 6) is -1.70. The lowest BCUT2D eigenvalue weighted by molar-refractivity contribution is 0.515. The maximum Gasteiger partial charge on any atom is 0.224 e. The predicted molar refractivity (Wildman–Crippen MR) is 113 cm³/mol. The summed E-state index contributed by atoms with van der Waals surface area (Å²) in [7, 11) is -1.51. The van der Waals surface area contributed by atoms with E-state index < -0.39 is 20.0 Å². The van der Waals surface area contributed by atoms with Gasteiger partial charge >= 0.3 is 0 Å². The van der Waals surface area contributed by atoms with Crippen LogP contribution in [-0.4, -0.2) is 18.0 Å². The summed E-state index contributed by atoms with van der Waals surface area (Å²) >= 11 is 0. The average Bonchev–Trinajstić information content (AvgIpc) is 2.66. The first-order valence-corrected chi connectivity index (χ1v) is 12.7. The fourth-order valence-electron chi connectivity index (χ4n) is 3.29. The summed E-state index contributed by atoms with van der Waals surface area (Å²) in [6.07, 6.45) is 0. The van der Waals surface area contributed by atoms with Crippen LogP contribution in [0.1, 0.15) is 0 Å². The minimum Gasteiger partial charge on any atom is -0.248 e. The smallest absolute Gasteiger partial charge is 0.224 e. The number of halogens is 2. The summed E-state index contributed by atoms with van der Waals surface area (Å²) in [5.41, 5.74) is 3.41. The summed E-state index contributed by atoms with van der Waals surface area (Å²) in [5, 5.41) is 2.37. The Kier molecular flexibility index (Phi) is 4.55. The molecule has 4 aromatic rings. The van der Waals surface area contributed by atoms with Crippen LogP contribution in [0, 0.1) is 11.9 Å². The molecule has 0 unspecified atom stereocenters. The van der Waals surface area contributed by atoms with Gasteiger partial charge in [0.1, 0.15) is 0 Å². The molecule has 0 amide bonds. The van der Waals surface area contributed by atoms with Crippen molar-refractivity contribution in [2.45, 2.75) is 19.6 Å². The van der Waals surface area contributed by atoms with E-state index in [0.29, 0.717) is 5.69 Å². The fourth-order valence-corrected chi connectivity index (χ4v) is 4.45. The topological polar surface area (TPSA) is 25.8 Å². The van der Waals surface area contributed by atoms with Crippen molar-refractivity contribution in [3.05, 3.63) is 78.6 Å². The van der Waals surface area contributed by atoms with Crippen molar-refractivity contribution < 1.29 is 8.78 Å². The first-order chi connectivity index (χ1) is 13.3. The van der Waals surface area contributed by atoms with Crippen molar-refractivity contribution >= 4 is 24.2 Å². The molecule has 2 nitrogen and oxygen atoms in total. The Hall–Kier alpha value is -2.92. The molecule has 0 saturated heterocycles. The Balaban J connectivity index is 2.02. The lowest BCUT2D eigenvalue weighted by atomic mass is 9.98. The maximum absolute atomic E-state index is 14.3. The monoisotopic (exact) mass is 390 g/mol. The molecule has 0 radical (unpaired) electrons. The van der Waals surface area contributed by atoms with Crippen LogP contribution in [0.25, 0.3) is 33.3 Å². The molecule has 2 heterocycles. The number of benzene rings is 2. The molecule has 0 saturated carbocycles. The van der Waals surface area contributed by atoms with E-state index in [1.807, 2.05) is 42.5 Å². The van der Waals surface area contributed by atoms with Gasteiger partial charge in [-0.05, 0) is 35.4 Å². The van der Waals surface area contributed by atoms with E-state index in [9.17, 15) is 8.78 Å². The van der Waals surface area contributed by atoms with Gasteiger partial charge in [0.25, 0.3) is 0 Å². The van der Waals surface area contributed by atoms with Gasteiger partial charge in [0, 0.05) is 5.39 Å². The van der Waals surface area contributed by atoms with Gasteiger partial charge in [0.05, 0.1) is 24.8 Å². The summed E-state index contributed by atoms with van der Waals surface area (Å²) in [4.78, 5) is 7.97. The number of hydrogen-bond donors (Lipinski definition) is 0. The second kappa shape index (κ2) is 6.91. The Morgan fingerprint density at radius 3 is 2.18 bits per heavy atom. The van der Waals surface area contributed by atoms with Crippen LogP contribution in [-0.2, 0) is 0 Å². The van der Waals surface area contributed by atoms with Crippen LogP contribution in [0.15, 0.2) is 66.7 Å². The lowest BCUT2D eigenvalue weighted by Crippen LogP contribution is -2.37. The molecular weight excluding hydrogens is 370 g/mol. The Morgan fingerprint density at radius 2 is 1.50 bits per heavy atom. The molecule has 0 atom stereocenters. The Labute approximate surface area is 163 Å². The number of nitrogens with zero attached hydrogens (tertiary/aromatic N) is 2. The van der Waals surface area contributed by atoms with E-state index in [1.54, 1.807) is 0 Å². The number of pyridine rings is 2. The lowest BCUT2D eigenvalue weighted by Gasteiger charge is -2.18. The number of rotatable bonds is 3. The molecule has 0 fully saturated rings. The van der Waals surface area contributed by atoms with Crippen molar-refractivity contribution in [2.75, 3.05) is 0 Å². The molecule has 2 aromatic carbocycles. The minimum atomic E-state index is -1.51. The zero-order chi connectivity index (χ0) is 19.9. The standard InChI is InChI=1S/C23H20F2N2Si/c1-28(2,3)16-9-11-20-19(13-16)18(15-7-5-4-6-8-15)14-21(26-20)17-10-12-22(24)27-23(17)25/h4-14H,1-3H3. The van der Waals surface area contributed by atoms with Crippen molar-refractivity contribution in [2.24, 2.45) is 0 Å². The van der Waals surface area contributed by atoms with Crippen LogP contribution in [0.5, 0.6) is 0 Å². The van der Waals surface area contributed by atoms with Gasteiger partial charge in [0.2, 0.25) is 11.9 Å². The largest absolute Gasteiger partial charge is 0.248 e. The van der Waals surface area contributed by atoms with Crippen molar-refractivity contribution in [3.63, 3.8) is 0 Å². The van der Waals surface area contributed by atoms with Gasteiger partial charge in [-0.25, -0.2) is 4.98 Å². The highest BCUT2D eigenvalue weighted by molar-refractivity contribution is 6.88. The molecule has 5 heteroatoms. The van der Waals surface area contributed by atoms with E-state index >= 15 is 0 Å². The molecule has 4 rings (SSSR count). The Bertz CT molecular complexity index is 1170. The van der Waals surface area contributed by atoms with Gasteiger partial charge in [-0.1, -0.05) is 67.3 Å². The number of hydrogen-bond acceptors (Lipinski definition) is 2. The van der Waals surface area contributed by atoms with Crippen LogP contribution in [0.2, 0.25) is 19.6 Å². The fraction of sp³-hybridized carbons (Fsp3) is 0.130. The quantitative estimate of drug-likeness (QED) is 0.327. The third kappa shape index (κ3) is 3.45. The van der Waals surface area contributed by atoms with Crippen LogP contribution < -0.4 is 5.19 Å². The molecule has 0 N–H and O–H groups in total. The third-order valence-electron chi connectivity index (χ3n) is 4.85. The first-order valence-electron chi connectivity index (χ1n) is 9.16. The molecule has 28 heavy (non-hydrogen) atoms. The zero-order valence-electron chi connectivity index (χ0n) is 16.0. The highest BCUT2D eigenvalue weighted by Gasteiger charge is 2.19. The number of fused-ring (bicyclic) bond motifs is 1. The second-order valence-corrected chi connectivity index (χ2v) is 13.0.